The number of nitrogens with one attached hydrogen (secondary N) is 1. The average molecular weight is 384 g/mol. The number of rotatable bonds is 4. The fourth-order valence-electron chi connectivity index (χ4n) is 2.92. The number of hydrogen-bond acceptors (Lipinski definition) is 5. The molecule has 2 atom stereocenters. The highest BCUT2D eigenvalue weighted by molar-refractivity contribution is 7.13. The van der Waals surface area contributed by atoms with Gasteiger partial charge in [0.2, 0.25) is 0 Å². The molecule has 1 amide bonds. The quantitative estimate of drug-likeness (QED) is 0.872. The van der Waals surface area contributed by atoms with Crippen LogP contribution in [0.25, 0.3) is 0 Å². The van der Waals surface area contributed by atoms with Crippen molar-refractivity contribution < 1.29 is 13.9 Å². The average Bonchev–Trinajstić information content (AvgIpc) is 2.92. The fourth-order valence-corrected chi connectivity index (χ4v) is 3.77. The smallest absolute Gasteiger partial charge is 0.260 e. The lowest BCUT2D eigenvalue weighted by molar-refractivity contribution is -0.0707. The third-order valence-electron chi connectivity index (χ3n) is 3.83. The summed E-state index contributed by atoms with van der Waals surface area (Å²) in [5.74, 6) is -1.19. The Bertz CT molecular complexity index is 760. The first-order valence-electron chi connectivity index (χ1n) is 7.99. The number of morpholine rings is 1. The molecule has 5 nitrogen and oxygen atoms in total. The van der Waals surface area contributed by atoms with Crippen LogP contribution in [0.3, 0.4) is 0 Å². The van der Waals surface area contributed by atoms with Crippen molar-refractivity contribution >= 4 is 34.0 Å². The van der Waals surface area contributed by atoms with Crippen molar-refractivity contribution in [3.8, 4) is 0 Å². The second-order valence-electron chi connectivity index (χ2n) is 6.17. The lowest BCUT2D eigenvalue weighted by Crippen LogP contribution is -2.44. The Morgan fingerprint density at radius 3 is 2.84 bits per heavy atom. The molecule has 0 bridgehead atoms. The molecule has 25 heavy (non-hydrogen) atoms. The molecule has 2 aromatic rings. The summed E-state index contributed by atoms with van der Waals surface area (Å²) >= 11 is 7.02. The van der Waals surface area contributed by atoms with Gasteiger partial charge in [-0.3, -0.25) is 15.0 Å². The van der Waals surface area contributed by atoms with Crippen LogP contribution in [-0.2, 0) is 11.3 Å². The number of thiazole rings is 1. The van der Waals surface area contributed by atoms with Crippen molar-refractivity contribution in [3.63, 3.8) is 0 Å². The number of aromatic nitrogens is 1. The topological polar surface area (TPSA) is 54.5 Å². The van der Waals surface area contributed by atoms with E-state index < -0.39 is 11.7 Å². The summed E-state index contributed by atoms with van der Waals surface area (Å²) in [6.45, 7) is 6.49. The summed E-state index contributed by atoms with van der Waals surface area (Å²) < 4.78 is 19.5. The van der Waals surface area contributed by atoms with Gasteiger partial charge in [-0.1, -0.05) is 11.6 Å². The van der Waals surface area contributed by atoms with Crippen molar-refractivity contribution in [3.05, 3.63) is 45.7 Å². The molecule has 1 aliphatic rings. The van der Waals surface area contributed by atoms with Crippen LogP contribution >= 0.6 is 22.9 Å². The standard InChI is InChI=1S/C17H19ClFN3O2S/c1-10-6-22(7-11(2)24-10)8-13-9-25-17(20-13)21-16(23)14-4-3-12(18)5-15(14)19/h3-5,9-11H,6-8H2,1-2H3,(H,20,21,23)/t10-,11-/m1/s1. The van der Waals surface area contributed by atoms with Crippen LogP contribution < -0.4 is 5.32 Å². The van der Waals surface area contributed by atoms with Gasteiger partial charge in [0, 0.05) is 30.0 Å². The van der Waals surface area contributed by atoms with Gasteiger partial charge >= 0.3 is 0 Å². The maximum atomic E-state index is 13.8. The van der Waals surface area contributed by atoms with Gasteiger partial charge < -0.3 is 4.74 Å². The molecular weight excluding hydrogens is 365 g/mol. The van der Waals surface area contributed by atoms with E-state index in [4.69, 9.17) is 16.3 Å². The number of nitrogens with zero attached hydrogens (tertiary/aromatic N) is 2. The van der Waals surface area contributed by atoms with Gasteiger partial charge in [0.15, 0.2) is 5.13 Å². The zero-order valence-electron chi connectivity index (χ0n) is 14.0. The first kappa shape index (κ1) is 18.3. The zero-order valence-corrected chi connectivity index (χ0v) is 15.5. The van der Waals surface area contributed by atoms with Crippen LogP contribution in [0.4, 0.5) is 9.52 Å². The number of hydrogen-bond donors (Lipinski definition) is 1. The normalized spacial score (nSPS) is 21.3. The number of amides is 1. The van der Waals surface area contributed by atoms with Gasteiger partial charge in [0.1, 0.15) is 5.82 Å². The zero-order chi connectivity index (χ0) is 18.0. The van der Waals surface area contributed by atoms with E-state index in [1.54, 1.807) is 0 Å². The minimum atomic E-state index is -0.655. The maximum Gasteiger partial charge on any atom is 0.260 e. The van der Waals surface area contributed by atoms with Gasteiger partial charge in [-0.05, 0) is 32.0 Å². The molecule has 3 rings (SSSR count). The molecule has 1 aromatic heterocycles. The number of benzene rings is 1. The summed E-state index contributed by atoms with van der Waals surface area (Å²) in [7, 11) is 0. The fraction of sp³-hybridized carbons (Fsp3) is 0.412. The summed E-state index contributed by atoms with van der Waals surface area (Å²) in [5.41, 5.74) is 0.815. The highest BCUT2D eigenvalue weighted by Crippen LogP contribution is 2.21. The molecule has 134 valence electrons. The Hall–Kier alpha value is -1.54. The van der Waals surface area contributed by atoms with E-state index in [-0.39, 0.29) is 22.8 Å². The van der Waals surface area contributed by atoms with Crippen LogP contribution in [0.5, 0.6) is 0 Å². The molecule has 0 aliphatic carbocycles. The predicted octanol–water partition coefficient (Wildman–Crippen LogP) is 3.80. The maximum absolute atomic E-state index is 13.8. The molecule has 0 spiro atoms. The van der Waals surface area contributed by atoms with E-state index in [0.29, 0.717) is 11.7 Å². The number of ether oxygens (including phenoxy) is 1. The number of halogens is 2. The van der Waals surface area contributed by atoms with Crippen molar-refractivity contribution in [2.24, 2.45) is 0 Å². The Morgan fingerprint density at radius 2 is 2.16 bits per heavy atom. The first-order valence-corrected chi connectivity index (χ1v) is 9.25. The molecule has 1 N–H and O–H groups in total. The van der Waals surface area contributed by atoms with Crippen LogP contribution in [0.2, 0.25) is 5.02 Å². The monoisotopic (exact) mass is 383 g/mol. The van der Waals surface area contributed by atoms with E-state index in [2.05, 4.69) is 29.0 Å². The predicted molar refractivity (Wildman–Crippen MR) is 96.8 cm³/mol. The minimum Gasteiger partial charge on any atom is -0.373 e. The largest absolute Gasteiger partial charge is 0.373 e. The molecule has 0 unspecified atom stereocenters. The number of carbonyl (C=O) groups excluding carboxylic acids is 1. The van der Waals surface area contributed by atoms with Gasteiger partial charge in [0.25, 0.3) is 5.91 Å². The van der Waals surface area contributed by atoms with E-state index in [1.165, 1.54) is 23.5 Å². The van der Waals surface area contributed by atoms with Crippen LogP contribution in [0.15, 0.2) is 23.6 Å². The molecule has 1 aromatic carbocycles. The second-order valence-corrected chi connectivity index (χ2v) is 7.47. The van der Waals surface area contributed by atoms with Gasteiger partial charge in [-0.15, -0.1) is 11.3 Å². The van der Waals surface area contributed by atoms with Crippen molar-refractivity contribution in [2.75, 3.05) is 18.4 Å². The van der Waals surface area contributed by atoms with Crippen LogP contribution in [0, 0.1) is 5.82 Å². The molecule has 1 saturated heterocycles. The molecule has 8 heteroatoms. The third-order valence-corrected chi connectivity index (χ3v) is 4.87. The first-order chi connectivity index (χ1) is 11.9. The SMILES string of the molecule is C[C@@H]1CN(Cc2csc(NC(=O)c3ccc(Cl)cc3F)n2)C[C@@H](C)O1. The second kappa shape index (κ2) is 7.78. The lowest BCUT2D eigenvalue weighted by atomic mass is 10.2. The van der Waals surface area contributed by atoms with E-state index >= 15 is 0 Å². The van der Waals surface area contributed by atoms with Gasteiger partial charge in [0.05, 0.1) is 23.5 Å². The van der Waals surface area contributed by atoms with Crippen molar-refractivity contribution in [1.29, 1.82) is 0 Å². The summed E-state index contributed by atoms with van der Waals surface area (Å²) in [6, 6.07) is 3.95. The molecule has 0 radical (unpaired) electrons. The molecule has 0 saturated carbocycles. The highest BCUT2D eigenvalue weighted by atomic mass is 35.5. The lowest BCUT2D eigenvalue weighted by Gasteiger charge is -2.34. The van der Waals surface area contributed by atoms with E-state index in [1.807, 2.05) is 5.38 Å². The highest BCUT2D eigenvalue weighted by Gasteiger charge is 2.23. The van der Waals surface area contributed by atoms with Crippen LogP contribution in [0.1, 0.15) is 29.9 Å². The molecular formula is C17H19ClFN3O2S. The van der Waals surface area contributed by atoms with E-state index in [9.17, 15) is 9.18 Å². The number of anilines is 1. The minimum absolute atomic E-state index is 0.0584. The Labute approximate surface area is 154 Å². The van der Waals surface area contributed by atoms with Gasteiger partial charge in [-0.25, -0.2) is 9.37 Å². The Balaban J connectivity index is 1.62. The molecule has 1 aliphatic heterocycles. The third kappa shape index (κ3) is 4.76. The van der Waals surface area contributed by atoms with Gasteiger partial charge in [-0.2, -0.15) is 0 Å². The number of carbonyl (C=O) groups is 1. The summed E-state index contributed by atoms with van der Waals surface area (Å²) in [5, 5.41) is 5.23. The Kier molecular flexibility index (Phi) is 5.68. The van der Waals surface area contributed by atoms with Crippen molar-refractivity contribution in [2.45, 2.75) is 32.6 Å². The molecule has 2 heterocycles. The molecule has 1 fully saturated rings. The summed E-state index contributed by atoms with van der Waals surface area (Å²) in [4.78, 5) is 18.9. The summed E-state index contributed by atoms with van der Waals surface area (Å²) in [6.07, 6.45) is 0.379. The Morgan fingerprint density at radius 1 is 1.44 bits per heavy atom. The van der Waals surface area contributed by atoms with E-state index in [0.717, 1.165) is 24.8 Å². The van der Waals surface area contributed by atoms with Crippen molar-refractivity contribution in [1.82, 2.24) is 9.88 Å². The van der Waals surface area contributed by atoms with Crippen LogP contribution in [-0.4, -0.2) is 41.1 Å².